The average Bonchev–Trinajstić information content (AvgIpc) is 2.56. The van der Waals surface area contributed by atoms with Crippen molar-refractivity contribution < 1.29 is 34.1 Å². The lowest BCUT2D eigenvalue weighted by atomic mass is 10.3. The lowest BCUT2D eigenvalue weighted by Crippen LogP contribution is -2.43. The molecule has 1 atom stereocenters. The van der Waals surface area contributed by atoms with Gasteiger partial charge in [-0.3, -0.25) is 4.79 Å². The molecule has 1 rings (SSSR count). The van der Waals surface area contributed by atoms with Gasteiger partial charge in [0, 0.05) is 0 Å². The summed E-state index contributed by atoms with van der Waals surface area (Å²) in [6, 6.07) is -2.55. The Hall–Kier alpha value is -2.32. The van der Waals surface area contributed by atoms with E-state index in [0.717, 1.165) is 4.90 Å². The number of urea groups is 1. The van der Waals surface area contributed by atoms with Gasteiger partial charge in [0.25, 0.3) is 0 Å². The maximum atomic E-state index is 11.6. The van der Waals surface area contributed by atoms with Gasteiger partial charge in [-0.05, 0) is 6.92 Å². The van der Waals surface area contributed by atoms with Crippen molar-refractivity contribution in [2.75, 3.05) is 19.7 Å². The summed E-state index contributed by atoms with van der Waals surface area (Å²) < 4.78 is 4.60. The summed E-state index contributed by atoms with van der Waals surface area (Å²) in [5, 5.41) is 17.6. The van der Waals surface area contributed by atoms with Gasteiger partial charge < -0.3 is 19.8 Å². The van der Waals surface area contributed by atoms with Crippen LogP contribution in [0.25, 0.3) is 0 Å². The summed E-state index contributed by atoms with van der Waals surface area (Å²) in [4.78, 5) is 45.4. The third-order valence-corrected chi connectivity index (χ3v) is 2.30. The Morgan fingerprint density at radius 2 is 2.00 bits per heavy atom. The molecule has 18 heavy (non-hydrogen) atoms. The van der Waals surface area contributed by atoms with Gasteiger partial charge in [0.2, 0.25) is 0 Å². The number of hydrogen-bond donors (Lipinski definition) is 2. The van der Waals surface area contributed by atoms with E-state index in [0.29, 0.717) is 0 Å². The number of hydrogen-bond acceptors (Lipinski definition) is 5. The highest BCUT2D eigenvalue weighted by atomic mass is 16.5. The minimum absolute atomic E-state index is 0.117. The number of rotatable bonds is 4. The molecule has 0 aliphatic carbocycles. The SMILES string of the molecule is CCOC(=O)CN1C[C@@H](C(=O)O)N(C(=O)O)C1=O. The molecule has 1 saturated heterocycles. The molecule has 0 radical (unpaired) electrons. The number of esters is 1. The second-order valence-electron chi connectivity index (χ2n) is 3.47. The quantitative estimate of drug-likeness (QED) is 0.647. The minimum Gasteiger partial charge on any atom is -0.480 e. The van der Waals surface area contributed by atoms with E-state index in [2.05, 4.69) is 4.74 Å². The topological polar surface area (TPSA) is 124 Å². The zero-order valence-electron chi connectivity index (χ0n) is 9.53. The fraction of sp³-hybridized carbons (Fsp3) is 0.556. The van der Waals surface area contributed by atoms with Crippen LogP contribution in [0.4, 0.5) is 9.59 Å². The molecule has 1 aliphatic heterocycles. The number of carboxylic acid groups (broad SMARTS) is 2. The standard InChI is InChI=1S/C9H12N2O7/c1-2-18-6(12)4-10-3-5(7(13)14)11(8(10)15)9(16)17/h5H,2-4H2,1H3,(H,13,14)(H,16,17)/t5-/m0/s1. The largest absolute Gasteiger partial charge is 0.480 e. The van der Waals surface area contributed by atoms with Gasteiger partial charge in [0.15, 0.2) is 6.04 Å². The third kappa shape index (κ3) is 2.67. The number of carboxylic acids is 1. The van der Waals surface area contributed by atoms with E-state index in [-0.39, 0.29) is 18.1 Å². The molecule has 9 nitrogen and oxygen atoms in total. The first-order valence-corrected chi connectivity index (χ1v) is 5.08. The molecule has 0 unspecified atom stereocenters. The molecule has 0 saturated carbocycles. The van der Waals surface area contributed by atoms with Crippen LogP contribution in [0.15, 0.2) is 0 Å². The third-order valence-electron chi connectivity index (χ3n) is 2.30. The molecule has 0 aromatic carbocycles. The number of aliphatic carboxylic acids is 1. The smallest absolute Gasteiger partial charge is 0.416 e. The molecule has 0 aromatic heterocycles. The zero-order valence-corrected chi connectivity index (χ0v) is 9.53. The van der Waals surface area contributed by atoms with E-state index in [1.54, 1.807) is 6.92 Å². The number of nitrogens with zero attached hydrogens (tertiary/aromatic N) is 2. The minimum atomic E-state index is -1.67. The highest BCUT2D eigenvalue weighted by Crippen LogP contribution is 2.16. The molecule has 1 heterocycles. The van der Waals surface area contributed by atoms with E-state index >= 15 is 0 Å². The van der Waals surface area contributed by atoms with Gasteiger partial charge in [-0.1, -0.05) is 0 Å². The van der Waals surface area contributed by atoms with Crippen molar-refractivity contribution in [1.29, 1.82) is 0 Å². The number of carbonyl (C=O) groups excluding carboxylic acids is 2. The Kier molecular flexibility index (Phi) is 4.08. The summed E-state index contributed by atoms with van der Waals surface area (Å²) in [6.45, 7) is 0.846. The number of amides is 3. The second kappa shape index (κ2) is 5.34. The average molecular weight is 260 g/mol. The second-order valence-corrected chi connectivity index (χ2v) is 3.47. The summed E-state index contributed by atoms with van der Waals surface area (Å²) >= 11 is 0. The van der Waals surface area contributed by atoms with Crippen LogP contribution in [0, 0.1) is 0 Å². The number of ether oxygens (including phenoxy) is 1. The molecule has 2 N–H and O–H groups in total. The van der Waals surface area contributed by atoms with Gasteiger partial charge in [-0.25, -0.2) is 19.3 Å². The fourth-order valence-corrected chi connectivity index (χ4v) is 1.55. The summed E-state index contributed by atoms with van der Waals surface area (Å²) in [7, 11) is 0. The van der Waals surface area contributed by atoms with Crippen molar-refractivity contribution >= 4 is 24.1 Å². The normalized spacial score (nSPS) is 18.9. The van der Waals surface area contributed by atoms with Gasteiger partial charge in [-0.15, -0.1) is 0 Å². The van der Waals surface area contributed by atoms with Crippen molar-refractivity contribution in [3.63, 3.8) is 0 Å². The number of imide groups is 1. The lowest BCUT2D eigenvalue weighted by Gasteiger charge is -2.14. The van der Waals surface area contributed by atoms with E-state index in [9.17, 15) is 19.2 Å². The van der Waals surface area contributed by atoms with Crippen molar-refractivity contribution in [1.82, 2.24) is 9.80 Å². The van der Waals surface area contributed by atoms with Crippen LogP contribution < -0.4 is 0 Å². The predicted molar refractivity (Wildman–Crippen MR) is 54.9 cm³/mol. The molecule has 1 fully saturated rings. The van der Waals surface area contributed by atoms with Crippen LogP contribution in [-0.4, -0.2) is 69.8 Å². The number of carbonyl (C=O) groups is 4. The Balaban J connectivity index is 2.80. The van der Waals surface area contributed by atoms with Crippen LogP contribution in [0.1, 0.15) is 6.92 Å². The summed E-state index contributed by atoms with van der Waals surface area (Å²) in [5.74, 6) is -2.17. The first-order valence-electron chi connectivity index (χ1n) is 5.08. The van der Waals surface area contributed by atoms with Gasteiger partial charge in [0.1, 0.15) is 6.54 Å². The van der Waals surface area contributed by atoms with Crippen molar-refractivity contribution in [2.24, 2.45) is 0 Å². The molecule has 1 aliphatic rings. The molecular formula is C9H12N2O7. The maximum Gasteiger partial charge on any atom is 0.416 e. The van der Waals surface area contributed by atoms with Crippen molar-refractivity contribution in [3.8, 4) is 0 Å². The molecule has 0 bridgehead atoms. The molecular weight excluding hydrogens is 248 g/mol. The van der Waals surface area contributed by atoms with Crippen molar-refractivity contribution in [2.45, 2.75) is 13.0 Å². The molecule has 9 heteroatoms. The Morgan fingerprint density at radius 3 is 2.39 bits per heavy atom. The fourth-order valence-electron chi connectivity index (χ4n) is 1.55. The van der Waals surface area contributed by atoms with Crippen molar-refractivity contribution in [3.05, 3.63) is 0 Å². The van der Waals surface area contributed by atoms with Crippen LogP contribution in [-0.2, 0) is 14.3 Å². The Morgan fingerprint density at radius 1 is 1.39 bits per heavy atom. The van der Waals surface area contributed by atoms with Crippen LogP contribution in [0.3, 0.4) is 0 Å². The predicted octanol–water partition coefficient (Wildman–Crippen LogP) is -0.582. The highest BCUT2D eigenvalue weighted by molar-refractivity contribution is 5.98. The Bertz CT molecular complexity index is 394. The van der Waals surface area contributed by atoms with E-state index in [1.807, 2.05) is 0 Å². The van der Waals surface area contributed by atoms with Gasteiger partial charge in [-0.2, -0.15) is 0 Å². The van der Waals surface area contributed by atoms with Gasteiger partial charge in [0.05, 0.1) is 13.2 Å². The summed E-state index contributed by atoms with van der Waals surface area (Å²) in [5.41, 5.74) is 0. The monoisotopic (exact) mass is 260 g/mol. The summed E-state index contributed by atoms with van der Waals surface area (Å²) in [6.07, 6.45) is -1.67. The van der Waals surface area contributed by atoms with Crippen LogP contribution >= 0.6 is 0 Å². The maximum absolute atomic E-state index is 11.6. The Labute approximate surface area is 102 Å². The first-order chi connectivity index (χ1) is 8.38. The molecule has 100 valence electrons. The molecule has 0 aromatic rings. The first kappa shape index (κ1) is 13.7. The lowest BCUT2D eigenvalue weighted by molar-refractivity contribution is -0.144. The highest BCUT2D eigenvalue weighted by Gasteiger charge is 2.46. The van der Waals surface area contributed by atoms with Crippen LogP contribution in [0.2, 0.25) is 0 Å². The van der Waals surface area contributed by atoms with E-state index in [1.165, 1.54) is 0 Å². The van der Waals surface area contributed by atoms with E-state index in [4.69, 9.17) is 10.2 Å². The van der Waals surface area contributed by atoms with E-state index < -0.39 is 36.6 Å². The van der Waals surface area contributed by atoms with Crippen LogP contribution in [0.5, 0.6) is 0 Å². The molecule has 3 amide bonds. The molecule has 0 spiro atoms. The van der Waals surface area contributed by atoms with Gasteiger partial charge >= 0.3 is 24.1 Å². The zero-order chi connectivity index (χ0) is 13.9.